The maximum absolute atomic E-state index is 14.2. The van der Waals surface area contributed by atoms with E-state index in [9.17, 15) is 9.59 Å². The predicted octanol–water partition coefficient (Wildman–Crippen LogP) is 5.12. The van der Waals surface area contributed by atoms with Crippen LogP contribution in [0.25, 0.3) is 33.4 Å². The van der Waals surface area contributed by atoms with Gasteiger partial charge in [-0.3, -0.25) is 24.1 Å². The Kier molecular flexibility index (Phi) is 8.82. The Balaban J connectivity index is 1.22. The highest BCUT2D eigenvalue weighted by Crippen LogP contribution is 2.32. The molecule has 2 fully saturated rings. The maximum atomic E-state index is 14.2. The second-order valence-corrected chi connectivity index (χ2v) is 12.5. The Morgan fingerprint density at radius 3 is 2.51 bits per heavy atom. The summed E-state index contributed by atoms with van der Waals surface area (Å²) in [6.07, 6.45) is 10.7. The minimum atomic E-state index is -0.353. The van der Waals surface area contributed by atoms with Crippen LogP contribution in [0, 0.1) is 0 Å². The first kappa shape index (κ1) is 30.8. The van der Waals surface area contributed by atoms with E-state index in [1.165, 1.54) is 4.57 Å². The number of hydrogen-bond acceptors (Lipinski definition) is 9. The van der Waals surface area contributed by atoms with Crippen molar-refractivity contribution in [1.82, 2.24) is 34.7 Å². The normalized spacial score (nSPS) is 15.2. The van der Waals surface area contributed by atoms with Crippen molar-refractivity contribution in [3.8, 4) is 22.4 Å². The molecule has 1 amide bonds. The van der Waals surface area contributed by atoms with Gasteiger partial charge in [0.1, 0.15) is 12.2 Å². The van der Waals surface area contributed by atoms with Gasteiger partial charge in [0.15, 0.2) is 0 Å². The van der Waals surface area contributed by atoms with E-state index in [1.54, 1.807) is 47.9 Å². The Labute approximate surface area is 277 Å². The highest BCUT2D eigenvalue weighted by Gasteiger charge is 2.23. The lowest BCUT2D eigenvalue weighted by Crippen LogP contribution is -2.41. The van der Waals surface area contributed by atoms with Gasteiger partial charge in [0, 0.05) is 83.2 Å². The van der Waals surface area contributed by atoms with Gasteiger partial charge in [0.25, 0.3) is 5.56 Å². The van der Waals surface area contributed by atoms with Gasteiger partial charge in [-0.2, -0.15) is 4.98 Å². The first-order valence-electron chi connectivity index (χ1n) is 16.0. The average molecular weight is 650 g/mol. The molecule has 7 rings (SSSR count). The quantitative estimate of drug-likeness (QED) is 0.236. The Bertz CT molecular complexity index is 1950. The molecule has 0 unspecified atom stereocenters. The number of nitrogens with zero attached hydrogens (tertiary/aromatic N) is 7. The number of hydrogen-bond donors (Lipinski definition) is 2. The SMILES string of the molecule is CN(c1ccc(Nc2ncc3cc(-c4ccc(-c5cnccn5)cc4Cl)c(=O)n(CC(=O)N4CCCC4)c3n2)cc1)C1CCNCC1. The zero-order valence-corrected chi connectivity index (χ0v) is 27.0. The van der Waals surface area contributed by atoms with Crippen molar-refractivity contribution >= 4 is 45.9 Å². The predicted molar refractivity (Wildman–Crippen MR) is 185 cm³/mol. The molecule has 2 aliphatic rings. The van der Waals surface area contributed by atoms with Gasteiger partial charge >= 0.3 is 0 Å². The molecule has 5 aromatic rings. The van der Waals surface area contributed by atoms with Crippen LogP contribution < -0.4 is 21.1 Å². The summed E-state index contributed by atoms with van der Waals surface area (Å²) in [6.45, 7) is 3.31. The molecule has 0 radical (unpaired) electrons. The van der Waals surface area contributed by atoms with Crippen LogP contribution in [-0.2, 0) is 11.3 Å². The third-order valence-corrected chi connectivity index (χ3v) is 9.40. The van der Waals surface area contributed by atoms with E-state index >= 15 is 0 Å². The molecular formula is C35H36ClN9O2. The lowest BCUT2D eigenvalue weighted by atomic mass is 10.0. The molecular weight excluding hydrogens is 614 g/mol. The lowest BCUT2D eigenvalue weighted by Gasteiger charge is -2.33. The highest BCUT2D eigenvalue weighted by atomic mass is 35.5. The topological polar surface area (TPSA) is 121 Å². The molecule has 2 aromatic carbocycles. The van der Waals surface area contributed by atoms with Crippen molar-refractivity contribution in [3.63, 3.8) is 0 Å². The van der Waals surface area contributed by atoms with Crippen LogP contribution in [-0.4, -0.2) is 74.6 Å². The number of carbonyl (C=O) groups excluding carboxylic acids is 1. The second-order valence-electron chi connectivity index (χ2n) is 12.1. The van der Waals surface area contributed by atoms with Gasteiger partial charge in [-0.15, -0.1) is 0 Å². The van der Waals surface area contributed by atoms with Crippen LogP contribution in [0.4, 0.5) is 17.3 Å². The van der Waals surface area contributed by atoms with E-state index in [0.29, 0.717) is 58.0 Å². The maximum Gasteiger partial charge on any atom is 0.260 e. The van der Waals surface area contributed by atoms with E-state index in [1.807, 2.05) is 18.2 Å². The summed E-state index contributed by atoms with van der Waals surface area (Å²) in [5, 5.41) is 7.70. The molecule has 240 valence electrons. The fourth-order valence-electron chi connectivity index (χ4n) is 6.42. The third-order valence-electron chi connectivity index (χ3n) is 9.08. The molecule has 2 saturated heterocycles. The first-order valence-corrected chi connectivity index (χ1v) is 16.4. The van der Waals surface area contributed by atoms with Gasteiger partial charge in [0.2, 0.25) is 11.9 Å². The molecule has 47 heavy (non-hydrogen) atoms. The van der Waals surface area contributed by atoms with Gasteiger partial charge in [0.05, 0.1) is 11.9 Å². The van der Waals surface area contributed by atoms with Gasteiger partial charge < -0.3 is 20.4 Å². The molecule has 12 heteroatoms. The number of pyridine rings is 1. The first-order chi connectivity index (χ1) is 22.9. The van der Waals surface area contributed by atoms with Crippen molar-refractivity contribution in [3.05, 3.63) is 88.7 Å². The molecule has 0 bridgehead atoms. The zero-order valence-electron chi connectivity index (χ0n) is 26.2. The van der Waals surface area contributed by atoms with Crippen molar-refractivity contribution < 1.29 is 4.79 Å². The minimum Gasteiger partial charge on any atom is -0.372 e. The van der Waals surface area contributed by atoms with Crippen LogP contribution in [0.15, 0.2) is 78.1 Å². The van der Waals surface area contributed by atoms with E-state index in [4.69, 9.17) is 16.6 Å². The summed E-state index contributed by atoms with van der Waals surface area (Å²) in [5.41, 5.74) is 4.35. The van der Waals surface area contributed by atoms with E-state index in [0.717, 1.165) is 55.7 Å². The largest absolute Gasteiger partial charge is 0.372 e. The summed E-state index contributed by atoms with van der Waals surface area (Å²) in [5.74, 6) is 0.214. The summed E-state index contributed by atoms with van der Waals surface area (Å²) in [6, 6.07) is 15.8. The van der Waals surface area contributed by atoms with Crippen molar-refractivity contribution in [1.29, 1.82) is 0 Å². The number of halogens is 1. The van der Waals surface area contributed by atoms with E-state index in [2.05, 4.69) is 49.7 Å². The molecule has 5 heterocycles. The summed E-state index contributed by atoms with van der Waals surface area (Å²) < 4.78 is 1.45. The summed E-state index contributed by atoms with van der Waals surface area (Å²) in [7, 11) is 2.14. The molecule has 0 saturated carbocycles. The van der Waals surface area contributed by atoms with E-state index < -0.39 is 0 Å². The molecule has 11 nitrogen and oxygen atoms in total. The standard InChI is InChI=1S/C35H36ClN9O2/c1-43(27-10-12-37-13-11-27)26-7-5-25(6-8-26)41-35-40-20-24-18-29(28-9-4-23(19-30(28)36)31-21-38-14-15-39-31)34(47)45(33(24)42-35)22-32(46)44-16-2-3-17-44/h4-9,14-15,18-21,27,37H,2-3,10-13,16-17,22H2,1H3,(H,40,41,42). The van der Waals surface area contributed by atoms with Crippen LogP contribution in [0.3, 0.4) is 0 Å². The van der Waals surface area contributed by atoms with Crippen molar-refractivity contribution in [2.45, 2.75) is 38.3 Å². The number of rotatable bonds is 8. The number of carbonyl (C=O) groups is 1. The van der Waals surface area contributed by atoms with Gasteiger partial charge in [-0.25, -0.2) is 4.98 Å². The molecule has 3 aromatic heterocycles. The highest BCUT2D eigenvalue weighted by molar-refractivity contribution is 6.33. The summed E-state index contributed by atoms with van der Waals surface area (Å²) in [4.78, 5) is 49.5. The molecule has 0 aliphatic carbocycles. The fourth-order valence-corrected chi connectivity index (χ4v) is 6.70. The molecule has 0 atom stereocenters. The van der Waals surface area contributed by atoms with Crippen LogP contribution in [0.5, 0.6) is 0 Å². The van der Waals surface area contributed by atoms with Crippen molar-refractivity contribution in [2.75, 3.05) is 43.4 Å². The third kappa shape index (κ3) is 6.54. The van der Waals surface area contributed by atoms with Crippen LogP contribution >= 0.6 is 11.6 Å². The number of nitrogens with one attached hydrogen (secondary N) is 2. The average Bonchev–Trinajstić information content (AvgIpc) is 3.66. The number of benzene rings is 2. The van der Waals surface area contributed by atoms with Gasteiger partial charge in [-0.05, 0) is 75.2 Å². The second kappa shape index (κ2) is 13.5. The Morgan fingerprint density at radius 2 is 1.79 bits per heavy atom. The molecule has 2 aliphatic heterocycles. The number of likely N-dealkylation sites (tertiary alicyclic amines) is 1. The molecule has 0 spiro atoms. The number of anilines is 3. The van der Waals surface area contributed by atoms with Crippen molar-refractivity contribution in [2.24, 2.45) is 0 Å². The number of piperidine rings is 1. The number of aromatic nitrogens is 5. The number of amides is 1. The molecule has 2 N–H and O–H groups in total. The fraction of sp³-hybridized carbons (Fsp3) is 0.314. The monoisotopic (exact) mass is 649 g/mol. The number of fused-ring (bicyclic) bond motifs is 1. The smallest absolute Gasteiger partial charge is 0.260 e. The van der Waals surface area contributed by atoms with E-state index in [-0.39, 0.29) is 18.0 Å². The Hall–Kier alpha value is -4.87. The minimum absolute atomic E-state index is 0.117. The van der Waals surface area contributed by atoms with Crippen LogP contribution in [0.1, 0.15) is 25.7 Å². The lowest BCUT2D eigenvalue weighted by molar-refractivity contribution is -0.130. The van der Waals surface area contributed by atoms with Crippen LogP contribution in [0.2, 0.25) is 5.02 Å². The Morgan fingerprint density at radius 1 is 1.00 bits per heavy atom. The zero-order chi connectivity index (χ0) is 32.3. The van der Waals surface area contributed by atoms with Gasteiger partial charge in [-0.1, -0.05) is 23.7 Å². The summed E-state index contributed by atoms with van der Waals surface area (Å²) >= 11 is 6.77.